The fourth-order valence-corrected chi connectivity index (χ4v) is 3.57. The van der Waals surface area contributed by atoms with Gasteiger partial charge in [-0.05, 0) is 42.3 Å². The van der Waals surface area contributed by atoms with Crippen LogP contribution in [-0.4, -0.2) is 48.3 Å². The molecule has 0 radical (unpaired) electrons. The van der Waals surface area contributed by atoms with Crippen molar-refractivity contribution in [2.75, 3.05) is 26.2 Å². The first-order chi connectivity index (χ1) is 9.72. The molecule has 0 aromatic heterocycles. The molecule has 5 heteroatoms. The second kappa shape index (κ2) is 6.16. The first-order valence-corrected chi connectivity index (χ1v) is 7.53. The minimum atomic E-state index is -1.43. The van der Waals surface area contributed by atoms with E-state index in [-0.39, 0.29) is 0 Å². The minimum Gasteiger partial charge on any atom is -0.492 e. The van der Waals surface area contributed by atoms with Crippen molar-refractivity contribution in [2.45, 2.75) is 19.3 Å². The molecule has 1 heterocycles. The van der Waals surface area contributed by atoms with E-state index in [9.17, 15) is 0 Å². The van der Waals surface area contributed by atoms with Crippen molar-refractivity contribution in [2.24, 2.45) is 11.8 Å². The molecular weight excluding hydrogens is 253 g/mol. The molecule has 1 aliphatic carbocycles. The van der Waals surface area contributed by atoms with E-state index in [1.54, 1.807) is 18.2 Å². The lowest BCUT2D eigenvalue weighted by Crippen LogP contribution is -2.30. The lowest BCUT2D eigenvalue weighted by atomic mass is 9.80. The Hall–Kier alpha value is -1.04. The van der Waals surface area contributed by atoms with E-state index in [0.717, 1.165) is 18.4 Å². The van der Waals surface area contributed by atoms with Gasteiger partial charge >= 0.3 is 7.12 Å². The summed E-state index contributed by atoms with van der Waals surface area (Å²) in [6.07, 6.45) is 4.22. The van der Waals surface area contributed by atoms with E-state index < -0.39 is 7.12 Å². The van der Waals surface area contributed by atoms with Crippen LogP contribution >= 0.6 is 0 Å². The van der Waals surface area contributed by atoms with Crippen molar-refractivity contribution < 1.29 is 14.8 Å². The number of hydrogen-bond donors (Lipinski definition) is 2. The number of fused-ring (bicyclic) bond motifs is 1. The Bertz CT molecular complexity index is 442. The molecule has 3 rings (SSSR count). The standard InChI is InChI=1S/C15H22BNO3/c18-16(19)14-5-2-6-15(9-14)20-8-7-17-10-12-3-1-4-13(12)11-17/h2,5-6,9,12-13,18-19H,1,3-4,7-8,10-11H2. The summed E-state index contributed by atoms with van der Waals surface area (Å²) < 4.78 is 5.72. The Kier molecular flexibility index (Phi) is 4.29. The van der Waals surface area contributed by atoms with Crippen molar-refractivity contribution in [3.63, 3.8) is 0 Å². The predicted molar refractivity (Wildman–Crippen MR) is 79.0 cm³/mol. The smallest absolute Gasteiger partial charge is 0.488 e. The molecule has 0 spiro atoms. The Morgan fingerprint density at radius 3 is 2.65 bits per heavy atom. The third-order valence-electron chi connectivity index (χ3n) is 4.63. The van der Waals surface area contributed by atoms with E-state index in [1.807, 2.05) is 6.07 Å². The van der Waals surface area contributed by atoms with Crippen LogP contribution < -0.4 is 10.2 Å². The number of ether oxygens (including phenoxy) is 1. The van der Waals surface area contributed by atoms with Crippen LogP contribution in [-0.2, 0) is 0 Å². The highest BCUT2D eigenvalue weighted by atomic mass is 16.5. The van der Waals surface area contributed by atoms with Gasteiger partial charge in [-0.1, -0.05) is 18.6 Å². The summed E-state index contributed by atoms with van der Waals surface area (Å²) >= 11 is 0. The zero-order valence-electron chi connectivity index (χ0n) is 11.7. The molecule has 1 saturated carbocycles. The van der Waals surface area contributed by atoms with Crippen LogP contribution in [0.5, 0.6) is 5.75 Å². The molecule has 1 saturated heterocycles. The van der Waals surface area contributed by atoms with Crippen LogP contribution in [0.4, 0.5) is 0 Å². The van der Waals surface area contributed by atoms with Crippen LogP contribution in [0.2, 0.25) is 0 Å². The molecule has 2 atom stereocenters. The van der Waals surface area contributed by atoms with E-state index in [0.29, 0.717) is 17.8 Å². The van der Waals surface area contributed by atoms with Gasteiger partial charge in [0.2, 0.25) is 0 Å². The molecule has 2 fully saturated rings. The fourth-order valence-electron chi connectivity index (χ4n) is 3.57. The van der Waals surface area contributed by atoms with Gasteiger partial charge in [-0.2, -0.15) is 0 Å². The molecular formula is C15H22BNO3. The summed E-state index contributed by atoms with van der Waals surface area (Å²) in [5, 5.41) is 18.3. The topological polar surface area (TPSA) is 52.9 Å². The maximum atomic E-state index is 9.13. The molecule has 2 unspecified atom stereocenters. The van der Waals surface area contributed by atoms with Crippen molar-refractivity contribution in [3.05, 3.63) is 24.3 Å². The Balaban J connectivity index is 1.45. The number of likely N-dealkylation sites (tertiary alicyclic amines) is 1. The number of benzene rings is 1. The molecule has 1 aromatic rings. The summed E-state index contributed by atoms with van der Waals surface area (Å²) in [7, 11) is -1.43. The monoisotopic (exact) mass is 275 g/mol. The Labute approximate surface area is 120 Å². The number of hydrogen-bond acceptors (Lipinski definition) is 4. The largest absolute Gasteiger partial charge is 0.492 e. The SMILES string of the molecule is OB(O)c1cccc(OCCN2CC3CCCC3C2)c1. The predicted octanol–water partition coefficient (Wildman–Crippen LogP) is 0.477. The molecule has 20 heavy (non-hydrogen) atoms. The second-order valence-corrected chi connectivity index (χ2v) is 6.01. The Morgan fingerprint density at radius 2 is 1.95 bits per heavy atom. The van der Waals surface area contributed by atoms with E-state index in [1.165, 1.54) is 32.4 Å². The summed E-state index contributed by atoms with van der Waals surface area (Å²) in [5.74, 6) is 2.54. The van der Waals surface area contributed by atoms with Crippen molar-refractivity contribution in [3.8, 4) is 5.75 Å². The van der Waals surface area contributed by atoms with Gasteiger partial charge in [0.15, 0.2) is 0 Å². The van der Waals surface area contributed by atoms with Crippen LogP contribution in [0, 0.1) is 11.8 Å². The van der Waals surface area contributed by atoms with E-state index in [2.05, 4.69) is 4.90 Å². The van der Waals surface area contributed by atoms with Gasteiger partial charge in [0, 0.05) is 19.6 Å². The quantitative estimate of drug-likeness (QED) is 0.767. The maximum absolute atomic E-state index is 9.13. The van der Waals surface area contributed by atoms with Crippen LogP contribution in [0.15, 0.2) is 24.3 Å². The van der Waals surface area contributed by atoms with E-state index in [4.69, 9.17) is 14.8 Å². The summed E-state index contributed by atoms with van der Waals surface area (Å²) in [4.78, 5) is 2.50. The van der Waals surface area contributed by atoms with E-state index >= 15 is 0 Å². The molecule has 2 aliphatic rings. The highest BCUT2D eigenvalue weighted by Crippen LogP contribution is 2.37. The molecule has 2 N–H and O–H groups in total. The van der Waals surface area contributed by atoms with Crippen molar-refractivity contribution in [1.82, 2.24) is 4.90 Å². The molecule has 108 valence electrons. The molecule has 0 bridgehead atoms. The lowest BCUT2D eigenvalue weighted by Gasteiger charge is -2.17. The van der Waals surface area contributed by atoms with Crippen LogP contribution in [0.3, 0.4) is 0 Å². The minimum absolute atomic E-state index is 0.471. The van der Waals surface area contributed by atoms with Gasteiger partial charge < -0.3 is 14.8 Å². The molecule has 4 nitrogen and oxygen atoms in total. The Morgan fingerprint density at radius 1 is 1.20 bits per heavy atom. The van der Waals surface area contributed by atoms with Crippen LogP contribution in [0.25, 0.3) is 0 Å². The first kappa shape index (κ1) is 13.9. The first-order valence-electron chi connectivity index (χ1n) is 7.53. The van der Waals surface area contributed by atoms with Gasteiger partial charge in [-0.15, -0.1) is 0 Å². The third kappa shape index (κ3) is 3.16. The zero-order valence-corrected chi connectivity index (χ0v) is 11.7. The normalized spacial score (nSPS) is 25.7. The van der Waals surface area contributed by atoms with Gasteiger partial charge in [-0.3, -0.25) is 4.90 Å². The number of rotatable bonds is 5. The molecule has 1 aromatic carbocycles. The van der Waals surface area contributed by atoms with Gasteiger partial charge in [0.25, 0.3) is 0 Å². The summed E-state index contributed by atoms with van der Waals surface area (Å²) in [6, 6.07) is 7.00. The highest BCUT2D eigenvalue weighted by Gasteiger charge is 2.35. The van der Waals surface area contributed by atoms with Crippen molar-refractivity contribution in [1.29, 1.82) is 0 Å². The van der Waals surface area contributed by atoms with Crippen molar-refractivity contribution >= 4 is 12.6 Å². The summed E-state index contributed by atoms with van der Waals surface area (Å²) in [6.45, 7) is 4.07. The lowest BCUT2D eigenvalue weighted by molar-refractivity contribution is 0.227. The molecule has 0 amide bonds. The summed E-state index contributed by atoms with van der Waals surface area (Å²) in [5.41, 5.74) is 0.471. The third-order valence-corrected chi connectivity index (χ3v) is 4.63. The van der Waals surface area contributed by atoms with Gasteiger partial charge in [-0.25, -0.2) is 0 Å². The van der Waals surface area contributed by atoms with Crippen LogP contribution in [0.1, 0.15) is 19.3 Å². The zero-order chi connectivity index (χ0) is 13.9. The molecule has 1 aliphatic heterocycles. The highest BCUT2D eigenvalue weighted by molar-refractivity contribution is 6.58. The maximum Gasteiger partial charge on any atom is 0.488 e. The van der Waals surface area contributed by atoms with Gasteiger partial charge in [0.1, 0.15) is 12.4 Å². The number of nitrogens with zero attached hydrogens (tertiary/aromatic N) is 1. The van der Waals surface area contributed by atoms with Gasteiger partial charge in [0.05, 0.1) is 0 Å². The average molecular weight is 275 g/mol. The fraction of sp³-hybridized carbons (Fsp3) is 0.600. The average Bonchev–Trinajstić information content (AvgIpc) is 3.00. The second-order valence-electron chi connectivity index (χ2n) is 6.01.